The lowest BCUT2D eigenvalue weighted by Crippen LogP contribution is -2.24. The van der Waals surface area contributed by atoms with Gasteiger partial charge in [0.1, 0.15) is 5.82 Å². The molecule has 1 aromatic carbocycles. The first-order chi connectivity index (χ1) is 10.1. The molecule has 0 aliphatic heterocycles. The number of aromatic nitrogens is 2. The Morgan fingerprint density at radius 2 is 1.95 bits per heavy atom. The molecule has 0 amide bonds. The predicted molar refractivity (Wildman–Crippen MR) is 78.9 cm³/mol. The maximum atomic E-state index is 12.1. The molecule has 1 aromatic heterocycles. The molecule has 114 valence electrons. The third-order valence-corrected chi connectivity index (χ3v) is 3.16. The summed E-state index contributed by atoms with van der Waals surface area (Å²) in [5.74, 6) is 1.55. The summed E-state index contributed by atoms with van der Waals surface area (Å²) >= 11 is 0. The lowest BCUT2D eigenvalue weighted by molar-refractivity contribution is 0.214. The third-order valence-electron chi connectivity index (χ3n) is 3.16. The highest BCUT2D eigenvalue weighted by atomic mass is 16.5. The molecule has 2 N–H and O–H groups in total. The second-order valence-electron chi connectivity index (χ2n) is 4.70. The fourth-order valence-corrected chi connectivity index (χ4v) is 2.09. The van der Waals surface area contributed by atoms with Gasteiger partial charge in [0.05, 0.1) is 38.3 Å². The van der Waals surface area contributed by atoms with Crippen LogP contribution in [-0.2, 0) is 6.54 Å². The van der Waals surface area contributed by atoms with Gasteiger partial charge >= 0.3 is 0 Å². The lowest BCUT2D eigenvalue weighted by atomic mass is 10.2. The van der Waals surface area contributed by atoms with Gasteiger partial charge in [-0.2, -0.15) is 0 Å². The normalized spacial score (nSPS) is 11.1. The van der Waals surface area contributed by atoms with Crippen LogP contribution in [0.1, 0.15) is 5.82 Å². The zero-order valence-corrected chi connectivity index (χ0v) is 12.3. The Balaban J connectivity index is 2.47. The van der Waals surface area contributed by atoms with E-state index in [0.717, 1.165) is 0 Å². The Hall–Kier alpha value is -2.12. The highest BCUT2D eigenvalue weighted by Crippen LogP contribution is 2.29. The molecule has 0 spiro atoms. The van der Waals surface area contributed by atoms with Gasteiger partial charge in [-0.3, -0.25) is 9.69 Å². The second kappa shape index (κ2) is 6.55. The van der Waals surface area contributed by atoms with Crippen molar-refractivity contribution < 1.29 is 14.6 Å². The van der Waals surface area contributed by atoms with Gasteiger partial charge in [-0.15, -0.1) is 0 Å². The average Bonchev–Trinajstić information content (AvgIpc) is 2.46. The van der Waals surface area contributed by atoms with Crippen molar-refractivity contribution >= 4 is 10.9 Å². The number of aliphatic hydroxyl groups excluding tert-OH is 1. The third kappa shape index (κ3) is 3.32. The van der Waals surface area contributed by atoms with Crippen molar-refractivity contribution in [3.8, 4) is 11.5 Å². The fourth-order valence-electron chi connectivity index (χ4n) is 2.09. The summed E-state index contributed by atoms with van der Waals surface area (Å²) < 4.78 is 10.4. The number of aliphatic hydroxyl groups is 1. The van der Waals surface area contributed by atoms with Crippen LogP contribution in [0.15, 0.2) is 16.9 Å². The number of ether oxygens (including phenoxy) is 2. The molecule has 0 fully saturated rings. The van der Waals surface area contributed by atoms with E-state index >= 15 is 0 Å². The van der Waals surface area contributed by atoms with Crippen molar-refractivity contribution in [2.24, 2.45) is 0 Å². The van der Waals surface area contributed by atoms with Crippen molar-refractivity contribution in [1.82, 2.24) is 14.9 Å². The second-order valence-corrected chi connectivity index (χ2v) is 4.70. The van der Waals surface area contributed by atoms with Crippen molar-refractivity contribution in [3.05, 3.63) is 28.3 Å². The molecule has 21 heavy (non-hydrogen) atoms. The van der Waals surface area contributed by atoms with Crippen LogP contribution in [0.3, 0.4) is 0 Å². The zero-order valence-electron chi connectivity index (χ0n) is 12.3. The van der Waals surface area contributed by atoms with Crippen LogP contribution in [0.2, 0.25) is 0 Å². The standard InChI is InChI=1S/C14H19N3O4/c1-17(4-5-18)8-13-15-10-7-12(21-3)11(20-2)6-9(10)14(19)16-13/h6-7,18H,4-5,8H2,1-3H3,(H,15,16,19). The molecule has 0 atom stereocenters. The van der Waals surface area contributed by atoms with Crippen molar-refractivity contribution in [2.75, 3.05) is 34.4 Å². The number of hydrogen-bond acceptors (Lipinski definition) is 6. The number of hydrogen-bond donors (Lipinski definition) is 2. The van der Waals surface area contributed by atoms with E-state index in [1.807, 2.05) is 11.9 Å². The van der Waals surface area contributed by atoms with Gasteiger partial charge in [-0.05, 0) is 13.1 Å². The zero-order chi connectivity index (χ0) is 15.4. The first-order valence-electron chi connectivity index (χ1n) is 6.53. The number of methoxy groups -OCH3 is 2. The summed E-state index contributed by atoms with van der Waals surface area (Å²) in [7, 11) is 4.89. The smallest absolute Gasteiger partial charge is 0.258 e. The topological polar surface area (TPSA) is 87.7 Å². The van der Waals surface area contributed by atoms with Gasteiger partial charge < -0.3 is 19.6 Å². The van der Waals surface area contributed by atoms with Crippen LogP contribution in [-0.4, -0.2) is 54.4 Å². The lowest BCUT2D eigenvalue weighted by Gasteiger charge is -2.14. The van der Waals surface area contributed by atoms with Gasteiger partial charge in [0.15, 0.2) is 11.5 Å². The summed E-state index contributed by atoms with van der Waals surface area (Å²) in [6, 6.07) is 3.29. The summed E-state index contributed by atoms with van der Waals surface area (Å²) in [5.41, 5.74) is 0.317. The van der Waals surface area contributed by atoms with E-state index in [4.69, 9.17) is 14.6 Å². The SMILES string of the molecule is COc1cc2nc(CN(C)CCO)[nH]c(=O)c2cc1OC. The minimum Gasteiger partial charge on any atom is -0.493 e. The van der Waals surface area contributed by atoms with Crippen LogP contribution >= 0.6 is 0 Å². The molecule has 2 aromatic rings. The molecule has 0 radical (unpaired) electrons. The summed E-state index contributed by atoms with van der Waals surface area (Å²) in [5, 5.41) is 9.35. The molecule has 0 saturated carbocycles. The molecule has 0 aliphatic rings. The highest BCUT2D eigenvalue weighted by Gasteiger charge is 2.11. The predicted octanol–water partition coefficient (Wildman–Crippen LogP) is 0.364. The van der Waals surface area contributed by atoms with Gasteiger partial charge in [0.25, 0.3) is 5.56 Å². The molecule has 7 heteroatoms. The van der Waals surface area contributed by atoms with E-state index in [9.17, 15) is 4.79 Å². The van der Waals surface area contributed by atoms with Gasteiger partial charge in [0, 0.05) is 12.6 Å². The van der Waals surface area contributed by atoms with Crippen molar-refractivity contribution in [1.29, 1.82) is 0 Å². The Morgan fingerprint density at radius 3 is 2.57 bits per heavy atom. The van der Waals surface area contributed by atoms with Gasteiger partial charge in [-0.25, -0.2) is 4.98 Å². The highest BCUT2D eigenvalue weighted by molar-refractivity contribution is 5.81. The number of rotatable bonds is 6. The molecule has 0 saturated heterocycles. The van der Waals surface area contributed by atoms with E-state index in [1.165, 1.54) is 14.2 Å². The summed E-state index contributed by atoms with van der Waals surface area (Å²) in [6.07, 6.45) is 0. The van der Waals surface area contributed by atoms with Crippen LogP contribution in [0, 0.1) is 0 Å². The van der Waals surface area contributed by atoms with E-state index in [2.05, 4.69) is 9.97 Å². The minimum atomic E-state index is -0.228. The molecule has 7 nitrogen and oxygen atoms in total. The molecule has 2 rings (SSSR count). The van der Waals surface area contributed by atoms with E-state index in [1.54, 1.807) is 12.1 Å². The Labute approximate surface area is 122 Å². The quantitative estimate of drug-likeness (QED) is 0.800. The van der Waals surface area contributed by atoms with Crippen molar-refractivity contribution in [2.45, 2.75) is 6.54 Å². The molecular formula is C14H19N3O4. The number of fused-ring (bicyclic) bond motifs is 1. The number of likely N-dealkylation sites (N-methyl/N-ethyl adjacent to an activating group) is 1. The minimum absolute atomic E-state index is 0.0549. The van der Waals surface area contributed by atoms with Crippen molar-refractivity contribution in [3.63, 3.8) is 0 Å². The van der Waals surface area contributed by atoms with Gasteiger partial charge in [-0.1, -0.05) is 0 Å². The van der Waals surface area contributed by atoms with Crippen LogP contribution in [0.4, 0.5) is 0 Å². The number of H-pyrrole nitrogens is 1. The van der Waals surface area contributed by atoms with E-state index < -0.39 is 0 Å². The first kappa shape index (κ1) is 15.3. The number of aromatic amines is 1. The Kier molecular flexibility index (Phi) is 4.77. The monoisotopic (exact) mass is 293 g/mol. The molecular weight excluding hydrogens is 274 g/mol. The maximum Gasteiger partial charge on any atom is 0.258 e. The van der Waals surface area contributed by atoms with Crippen LogP contribution < -0.4 is 15.0 Å². The number of nitrogens with one attached hydrogen (secondary N) is 1. The average molecular weight is 293 g/mol. The summed E-state index contributed by atoms with van der Waals surface area (Å²) in [4.78, 5) is 21.2. The van der Waals surface area contributed by atoms with E-state index in [0.29, 0.717) is 41.3 Å². The largest absolute Gasteiger partial charge is 0.493 e. The molecule has 0 unspecified atom stereocenters. The molecule has 1 heterocycles. The van der Waals surface area contributed by atoms with Gasteiger partial charge in [0.2, 0.25) is 0 Å². The Morgan fingerprint density at radius 1 is 1.29 bits per heavy atom. The van der Waals surface area contributed by atoms with Crippen LogP contribution in [0.5, 0.6) is 11.5 Å². The molecule has 0 bridgehead atoms. The Bertz CT molecular complexity index is 684. The maximum absolute atomic E-state index is 12.1. The van der Waals surface area contributed by atoms with E-state index in [-0.39, 0.29) is 12.2 Å². The first-order valence-corrected chi connectivity index (χ1v) is 6.53. The fraction of sp³-hybridized carbons (Fsp3) is 0.429. The summed E-state index contributed by atoms with van der Waals surface area (Å²) in [6.45, 7) is 1.01. The van der Waals surface area contributed by atoms with Crippen LogP contribution in [0.25, 0.3) is 10.9 Å². The number of benzene rings is 1. The number of nitrogens with zero attached hydrogens (tertiary/aromatic N) is 2. The molecule has 0 aliphatic carbocycles.